The highest BCUT2D eigenvalue weighted by molar-refractivity contribution is 7.89. The molecule has 23 heavy (non-hydrogen) atoms. The highest BCUT2D eigenvalue weighted by Gasteiger charge is 2.30. The second kappa shape index (κ2) is 7.31. The van der Waals surface area contributed by atoms with Crippen molar-refractivity contribution >= 4 is 15.9 Å². The molecule has 1 aromatic rings. The predicted octanol–water partition coefficient (Wildman–Crippen LogP) is 2.30. The standard InChI is InChI=1S/C14H19F3N2O3S/c1-9(2)10(3)19-13(20)11-5-4-6-12(7-11)23(21,22)18-8-14(15,16)17/h4-7,9-10,18H,8H2,1-3H3,(H,19,20)/t10-/m0/s1. The van der Waals surface area contributed by atoms with Gasteiger partial charge in [0, 0.05) is 11.6 Å². The SMILES string of the molecule is CC(C)[C@H](C)NC(=O)c1cccc(S(=O)(=O)NCC(F)(F)F)c1. The van der Waals surface area contributed by atoms with Gasteiger partial charge in [0.05, 0.1) is 4.90 Å². The van der Waals surface area contributed by atoms with Gasteiger partial charge in [-0.1, -0.05) is 19.9 Å². The maximum Gasteiger partial charge on any atom is 0.402 e. The Balaban J connectivity index is 2.94. The van der Waals surface area contributed by atoms with Crippen molar-refractivity contribution < 1.29 is 26.4 Å². The Morgan fingerprint density at radius 1 is 1.22 bits per heavy atom. The number of rotatable bonds is 6. The van der Waals surface area contributed by atoms with Gasteiger partial charge in [-0.05, 0) is 31.0 Å². The molecule has 0 aliphatic heterocycles. The topological polar surface area (TPSA) is 75.3 Å². The molecule has 0 aliphatic rings. The van der Waals surface area contributed by atoms with Crippen molar-refractivity contribution in [2.75, 3.05) is 6.54 Å². The minimum Gasteiger partial charge on any atom is -0.349 e. The number of benzene rings is 1. The van der Waals surface area contributed by atoms with Gasteiger partial charge in [-0.3, -0.25) is 4.79 Å². The van der Waals surface area contributed by atoms with Gasteiger partial charge in [-0.25, -0.2) is 13.1 Å². The van der Waals surface area contributed by atoms with Crippen LogP contribution in [0.15, 0.2) is 29.2 Å². The van der Waals surface area contributed by atoms with Gasteiger partial charge in [0.15, 0.2) is 0 Å². The summed E-state index contributed by atoms with van der Waals surface area (Å²) in [5.74, 6) is -0.307. The van der Waals surface area contributed by atoms with E-state index in [2.05, 4.69) is 5.32 Å². The fourth-order valence-electron chi connectivity index (χ4n) is 1.52. The van der Waals surface area contributed by atoms with E-state index in [9.17, 15) is 26.4 Å². The molecule has 0 spiro atoms. The minimum absolute atomic E-state index is 0.0624. The average Bonchev–Trinajstić information content (AvgIpc) is 2.44. The Kier molecular flexibility index (Phi) is 6.18. The van der Waals surface area contributed by atoms with E-state index in [0.717, 1.165) is 12.1 Å². The number of sulfonamides is 1. The van der Waals surface area contributed by atoms with Gasteiger partial charge in [0.1, 0.15) is 6.54 Å². The molecule has 1 atom stereocenters. The summed E-state index contributed by atoms with van der Waals surface area (Å²) in [5, 5.41) is 2.70. The van der Waals surface area contributed by atoms with Gasteiger partial charge < -0.3 is 5.32 Å². The van der Waals surface area contributed by atoms with Crippen molar-refractivity contribution in [3.8, 4) is 0 Å². The summed E-state index contributed by atoms with van der Waals surface area (Å²) in [7, 11) is -4.34. The van der Waals surface area contributed by atoms with E-state index >= 15 is 0 Å². The van der Waals surface area contributed by atoms with Crippen molar-refractivity contribution in [1.82, 2.24) is 10.0 Å². The third-order valence-corrected chi connectivity index (χ3v) is 4.63. The first-order valence-electron chi connectivity index (χ1n) is 6.90. The molecule has 2 N–H and O–H groups in total. The van der Waals surface area contributed by atoms with Gasteiger partial charge in [0.2, 0.25) is 10.0 Å². The van der Waals surface area contributed by atoms with Crippen LogP contribution in [0.4, 0.5) is 13.2 Å². The Hall–Kier alpha value is -1.61. The molecule has 1 amide bonds. The molecule has 0 bridgehead atoms. The molecule has 1 aromatic carbocycles. The average molecular weight is 352 g/mol. The largest absolute Gasteiger partial charge is 0.402 e. The van der Waals surface area contributed by atoms with Crippen LogP contribution in [0.3, 0.4) is 0 Å². The van der Waals surface area contributed by atoms with E-state index in [-0.39, 0.29) is 17.5 Å². The smallest absolute Gasteiger partial charge is 0.349 e. The van der Waals surface area contributed by atoms with Gasteiger partial charge in [-0.15, -0.1) is 0 Å². The number of carbonyl (C=O) groups is 1. The lowest BCUT2D eigenvalue weighted by Gasteiger charge is -2.17. The molecule has 0 saturated heterocycles. The van der Waals surface area contributed by atoms with E-state index in [1.165, 1.54) is 16.9 Å². The summed E-state index contributed by atoms with van der Waals surface area (Å²) in [6.45, 7) is 3.95. The first-order valence-corrected chi connectivity index (χ1v) is 8.38. The van der Waals surface area contributed by atoms with Crippen molar-refractivity contribution in [2.45, 2.75) is 37.9 Å². The molecule has 9 heteroatoms. The zero-order valence-corrected chi connectivity index (χ0v) is 13.8. The van der Waals surface area contributed by atoms with Crippen molar-refractivity contribution in [1.29, 1.82) is 0 Å². The second-order valence-corrected chi connectivity index (χ2v) is 7.24. The number of amides is 1. The predicted molar refractivity (Wildman–Crippen MR) is 79.5 cm³/mol. The van der Waals surface area contributed by atoms with E-state index < -0.39 is 33.5 Å². The van der Waals surface area contributed by atoms with Gasteiger partial charge in [-0.2, -0.15) is 13.2 Å². The zero-order chi connectivity index (χ0) is 17.8. The Labute approximate surface area is 133 Å². The van der Waals surface area contributed by atoms with Crippen LogP contribution in [-0.4, -0.2) is 33.1 Å². The lowest BCUT2D eigenvalue weighted by molar-refractivity contribution is -0.121. The monoisotopic (exact) mass is 352 g/mol. The lowest BCUT2D eigenvalue weighted by Crippen LogP contribution is -2.36. The van der Waals surface area contributed by atoms with Crippen LogP contribution in [0, 0.1) is 5.92 Å². The van der Waals surface area contributed by atoms with Crippen LogP contribution in [0.2, 0.25) is 0 Å². The summed E-state index contributed by atoms with van der Waals surface area (Å²) >= 11 is 0. The third-order valence-electron chi connectivity index (χ3n) is 3.23. The summed E-state index contributed by atoms with van der Waals surface area (Å²) in [6.07, 6.45) is -4.66. The van der Waals surface area contributed by atoms with Crippen LogP contribution < -0.4 is 10.0 Å². The maximum absolute atomic E-state index is 12.1. The molecule has 0 saturated carbocycles. The quantitative estimate of drug-likeness (QED) is 0.825. The van der Waals surface area contributed by atoms with Gasteiger partial charge in [0.25, 0.3) is 5.91 Å². The van der Waals surface area contributed by atoms with Crippen molar-refractivity contribution in [2.24, 2.45) is 5.92 Å². The number of alkyl halides is 3. The number of carbonyl (C=O) groups excluding carboxylic acids is 1. The summed E-state index contributed by atoms with van der Waals surface area (Å²) in [4.78, 5) is 11.7. The fraction of sp³-hybridized carbons (Fsp3) is 0.500. The second-order valence-electron chi connectivity index (χ2n) is 5.47. The molecule has 0 radical (unpaired) electrons. The molecule has 5 nitrogen and oxygen atoms in total. The molecule has 130 valence electrons. The van der Waals surface area contributed by atoms with Gasteiger partial charge >= 0.3 is 6.18 Å². The molecule has 1 rings (SSSR count). The Morgan fingerprint density at radius 3 is 2.35 bits per heavy atom. The minimum atomic E-state index is -4.66. The third kappa shape index (κ3) is 6.19. The highest BCUT2D eigenvalue weighted by atomic mass is 32.2. The molecule has 0 aliphatic carbocycles. The number of halogens is 3. The maximum atomic E-state index is 12.1. The number of hydrogen-bond acceptors (Lipinski definition) is 3. The molecule has 0 heterocycles. The van der Waals surface area contributed by atoms with E-state index in [1.807, 2.05) is 13.8 Å². The lowest BCUT2D eigenvalue weighted by atomic mass is 10.1. The first kappa shape index (κ1) is 19.4. The summed E-state index contributed by atoms with van der Waals surface area (Å²) in [6, 6.07) is 4.73. The van der Waals surface area contributed by atoms with Crippen LogP contribution in [0.1, 0.15) is 31.1 Å². The Bertz CT molecular complexity index is 657. The van der Waals surface area contributed by atoms with Crippen LogP contribution in [0.25, 0.3) is 0 Å². The van der Waals surface area contributed by atoms with Crippen LogP contribution in [-0.2, 0) is 10.0 Å². The van der Waals surface area contributed by atoms with Crippen LogP contribution >= 0.6 is 0 Å². The molecular formula is C14H19F3N2O3S. The first-order chi connectivity index (χ1) is 10.4. The highest BCUT2D eigenvalue weighted by Crippen LogP contribution is 2.16. The van der Waals surface area contributed by atoms with Crippen molar-refractivity contribution in [3.63, 3.8) is 0 Å². The molecule has 0 aromatic heterocycles. The normalized spacial score (nSPS) is 13.9. The van der Waals surface area contributed by atoms with E-state index in [4.69, 9.17) is 0 Å². The molecule has 0 fully saturated rings. The number of nitrogens with one attached hydrogen (secondary N) is 2. The summed E-state index contributed by atoms with van der Waals surface area (Å²) in [5.41, 5.74) is 0.0624. The fourth-order valence-corrected chi connectivity index (χ4v) is 2.58. The van der Waals surface area contributed by atoms with E-state index in [0.29, 0.717) is 0 Å². The van der Waals surface area contributed by atoms with E-state index in [1.54, 1.807) is 6.92 Å². The zero-order valence-electron chi connectivity index (χ0n) is 12.9. The molecule has 0 unspecified atom stereocenters. The molecular weight excluding hydrogens is 333 g/mol. The Morgan fingerprint density at radius 2 is 1.83 bits per heavy atom. The van der Waals surface area contributed by atoms with Crippen molar-refractivity contribution in [3.05, 3.63) is 29.8 Å². The van der Waals surface area contributed by atoms with Crippen LogP contribution in [0.5, 0.6) is 0 Å². The number of hydrogen-bond donors (Lipinski definition) is 2. The summed E-state index contributed by atoms with van der Waals surface area (Å²) < 4.78 is 61.6.